The van der Waals surface area contributed by atoms with Gasteiger partial charge >= 0.3 is 0 Å². The van der Waals surface area contributed by atoms with E-state index < -0.39 is 6.10 Å². The second kappa shape index (κ2) is 8.36. The fourth-order valence-electron chi connectivity index (χ4n) is 2.91. The number of hydrogen-bond donors (Lipinski definition) is 1. The van der Waals surface area contributed by atoms with Crippen LogP contribution in [0.4, 0.5) is 5.69 Å². The summed E-state index contributed by atoms with van der Waals surface area (Å²) in [5.74, 6) is 1.16. The Morgan fingerprint density at radius 3 is 2.76 bits per heavy atom. The molecule has 0 radical (unpaired) electrons. The maximum Gasteiger partial charge on any atom is 0.265 e. The van der Waals surface area contributed by atoms with E-state index in [1.165, 1.54) is 0 Å². The van der Waals surface area contributed by atoms with Crippen LogP contribution in [-0.4, -0.2) is 28.0 Å². The van der Waals surface area contributed by atoms with Gasteiger partial charge in [-0.25, -0.2) is 4.98 Å². The standard InChI is InChI=1S/C22H21N3O3S/c1-3-27-18-7-9-19(10-8-18)28-15(2)21(26)23-17-6-4-5-16(13-17)20-14-25-11-12-29-22(25)24-20/h4-15H,3H2,1-2H3,(H,23,26). The molecule has 0 saturated carbocycles. The highest BCUT2D eigenvalue weighted by molar-refractivity contribution is 7.15. The van der Waals surface area contributed by atoms with Gasteiger partial charge in [-0.3, -0.25) is 9.20 Å². The summed E-state index contributed by atoms with van der Waals surface area (Å²) in [4.78, 5) is 18.1. The topological polar surface area (TPSA) is 64.9 Å². The number of benzene rings is 2. The number of amides is 1. The molecule has 29 heavy (non-hydrogen) atoms. The van der Waals surface area contributed by atoms with E-state index in [2.05, 4.69) is 10.3 Å². The predicted molar refractivity (Wildman–Crippen MR) is 115 cm³/mol. The third-order valence-electron chi connectivity index (χ3n) is 4.34. The first-order valence-electron chi connectivity index (χ1n) is 9.35. The van der Waals surface area contributed by atoms with E-state index in [4.69, 9.17) is 9.47 Å². The van der Waals surface area contributed by atoms with Crippen molar-refractivity contribution in [3.8, 4) is 22.8 Å². The minimum Gasteiger partial charge on any atom is -0.494 e. The zero-order valence-electron chi connectivity index (χ0n) is 16.2. The second-order valence-corrected chi connectivity index (χ2v) is 7.33. The molecule has 1 unspecified atom stereocenters. The van der Waals surface area contributed by atoms with Crippen molar-refractivity contribution in [2.24, 2.45) is 0 Å². The van der Waals surface area contributed by atoms with Crippen molar-refractivity contribution in [2.75, 3.05) is 11.9 Å². The van der Waals surface area contributed by atoms with Crippen molar-refractivity contribution in [1.82, 2.24) is 9.38 Å². The molecule has 2 heterocycles. The predicted octanol–water partition coefficient (Wildman–Crippen LogP) is 4.87. The van der Waals surface area contributed by atoms with Crippen LogP contribution in [0.2, 0.25) is 0 Å². The minimum absolute atomic E-state index is 0.221. The van der Waals surface area contributed by atoms with Crippen molar-refractivity contribution in [3.05, 3.63) is 66.3 Å². The molecule has 0 bridgehead atoms. The van der Waals surface area contributed by atoms with Crippen LogP contribution in [0, 0.1) is 0 Å². The summed E-state index contributed by atoms with van der Waals surface area (Å²) in [6, 6.07) is 14.9. The lowest BCUT2D eigenvalue weighted by atomic mass is 10.1. The van der Waals surface area contributed by atoms with Crippen LogP contribution in [0.15, 0.2) is 66.3 Å². The summed E-state index contributed by atoms with van der Waals surface area (Å²) in [5, 5.41) is 4.91. The molecule has 4 rings (SSSR count). The lowest BCUT2D eigenvalue weighted by Crippen LogP contribution is -2.30. The Morgan fingerprint density at radius 2 is 2.00 bits per heavy atom. The lowest BCUT2D eigenvalue weighted by Gasteiger charge is -2.15. The van der Waals surface area contributed by atoms with E-state index in [0.717, 1.165) is 22.0 Å². The molecule has 0 aliphatic rings. The van der Waals surface area contributed by atoms with Crippen molar-refractivity contribution < 1.29 is 14.3 Å². The van der Waals surface area contributed by atoms with E-state index in [1.807, 2.05) is 65.5 Å². The van der Waals surface area contributed by atoms with Crippen molar-refractivity contribution >= 4 is 27.9 Å². The molecule has 0 aliphatic carbocycles. The Morgan fingerprint density at radius 1 is 1.21 bits per heavy atom. The molecule has 4 aromatic rings. The first kappa shape index (κ1) is 19.0. The van der Waals surface area contributed by atoms with Gasteiger partial charge in [-0.2, -0.15) is 0 Å². The van der Waals surface area contributed by atoms with Crippen LogP contribution in [0.5, 0.6) is 11.5 Å². The van der Waals surface area contributed by atoms with Gasteiger partial charge in [0.1, 0.15) is 11.5 Å². The lowest BCUT2D eigenvalue weighted by molar-refractivity contribution is -0.122. The first-order valence-corrected chi connectivity index (χ1v) is 10.2. The Hall–Kier alpha value is -3.32. The highest BCUT2D eigenvalue weighted by Crippen LogP contribution is 2.24. The molecule has 1 amide bonds. The molecular formula is C22H21N3O3S. The first-order chi connectivity index (χ1) is 14.1. The largest absolute Gasteiger partial charge is 0.494 e. The van der Waals surface area contributed by atoms with E-state index >= 15 is 0 Å². The number of carbonyl (C=O) groups excluding carboxylic acids is 1. The van der Waals surface area contributed by atoms with Gasteiger partial charge in [0.25, 0.3) is 5.91 Å². The molecule has 7 heteroatoms. The fraction of sp³-hybridized carbons (Fsp3) is 0.182. The smallest absolute Gasteiger partial charge is 0.265 e. The van der Waals surface area contributed by atoms with Crippen molar-refractivity contribution in [2.45, 2.75) is 20.0 Å². The Bertz CT molecular complexity index is 1090. The maximum absolute atomic E-state index is 12.6. The number of fused-ring (bicyclic) bond motifs is 1. The molecule has 2 aromatic heterocycles. The van der Waals surface area contributed by atoms with Crippen molar-refractivity contribution in [1.29, 1.82) is 0 Å². The number of nitrogens with zero attached hydrogens (tertiary/aromatic N) is 2. The third-order valence-corrected chi connectivity index (χ3v) is 5.11. The van der Waals surface area contributed by atoms with Gasteiger partial charge in [-0.05, 0) is 50.2 Å². The number of imidazole rings is 1. The van der Waals surface area contributed by atoms with Crippen LogP contribution < -0.4 is 14.8 Å². The molecule has 0 fully saturated rings. The monoisotopic (exact) mass is 407 g/mol. The summed E-state index contributed by atoms with van der Waals surface area (Å²) >= 11 is 1.58. The average Bonchev–Trinajstić information content (AvgIpc) is 3.32. The minimum atomic E-state index is -0.644. The van der Waals surface area contributed by atoms with E-state index in [1.54, 1.807) is 30.4 Å². The van der Waals surface area contributed by atoms with Gasteiger partial charge in [0.2, 0.25) is 0 Å². The second-order valence-electron chi connectivity index (χ2n) is 6.45. The molecule has 148 valence electrons. The molecular weight excluding hydrogens is 386 g/mol. The highest BCUT2D eigenvalue weighted by atomic mass is 32.1. The van der Waals surface area contributed by atoms with Gasteiger partial charge < -0.3 is 14.8 Å². The maximum atomic E-state index is 12.6. The number of ether oxygens (including phenoxy) is 2. The summed E-state index contributed by atoms with van der Waals surface area (Å²) in [7, 11) is 0. The van der Waals surface area contributed by atoms with Crippen LogP contribution >= 0.6 is 11.3 Å². The average molecular weight is 407 g/mol. The number of thiazole rings is 1. The normalized spacial score (nSPS) is 11.9. The zero-order valence-corrected chi connectivity index (χ0v) is 17.0. The summed E-state index contributed by atoms with van der Waals surface area (Å²) in [6.07, 6.45) is 3.31. The summed E-state index contributed by atoms with van der Waals surface area (Å²) in [5.41, 5.74) is 2.51. The Kier molecular flexibility index (Phi) is 5.48. The van der Waals surface area contributed by atoms with Crippen molar-refractivity contribution in [3.63, 3.8) is 0 Å². The van der Waals surface area contributed by atoms with Crippen LogP contribution in [0.1, 0.15) is 13.8 Å². The molecule has 2 aromatic carbocycles. The molecule has 1 atom stereocenters. The number of nitrogens with one attached hydrogen (secondary N) is 1. The quantitative estimate of drug-likeness (QED) is 0.475. The summed E-state index contributed by atoms with van der Waals surface area (Å²) < 4.78 is 13.1. The van der Waals surface area contributed by atoms with E-state index in [-0.39, 0.29) is 5.91 Å². The Balaban J connectivity index is 1.41. The fourth-order valence-corrected chi connectivity index (χ4v) is 3.61. The summed E-state index contributed by atoms with van der Waals surface area (Å²) in [6.45, 7) is 4.26. The van der Waals surface area contributed by atoms with Gasteiger partial charge in [0.15, 0.2) is 11.1 Å². The van der Waals surface area contributed by atoms with E-state index in [0.29, 0.717) is 18.0 Å². The molecule has 6 nitrogen and oxygen atoms in total. The highest BCUT2D eigenvalue weighted by Gasteiger charge is 2.15. The zero-order chi connectivity index (χ0) is 20.2. The van der Waals surface area contributed by atoms with E-state index in [9.17, 15) is 4.79 Å². The van der Waals surface area contributed by atoms with Crippen LogP contribution in [-0.2, 0) is 4.79 Å². The third kappa shape index (κ3) is 4.41. The molecule has 0 saturated heterocycles. The van der Waals surface area contributed by atoms with Gasteiger partial charge in [-0.15, -0.1) is 11.3 Å². The molecule has 0 aliphatic heterocycles. The SMILES string of the molecule is CCOc1ccc(OC(C)C(=O)Nc2cccc(-c3cn4ccsc4n3)c2)cc1. The number of aromatic nitrogens is 2. The Labute approximate surface area is 172 Å². The number of anilines is 1. The van der Waals surface area contributed by atoms with Gasteiger partial charge in [-0.1, -0.05) is 12.1 Å². The number of rotatable bonds is 7. The molecule has 1 N–H and O–H groups in total. The van der Waals surface area contributed by atoms with Crippen LogP contribution in [0.3, 0.4) is 0 Å². The molecule has 0 spiro atoms. The van der Waals surface area contributed by atoms with Gasteiger partial charge in [0, 0.05) is 29.0 Å². The number of carbonyl (C=O) groups is 1. The number of hydrogen-bond acceptors (Lipinski definition) is 5. The van der Waals surface area contributed by atoms with Crippen LogP contribution in [0.25, 0.3) is 16.2 Å². The van der Waals surface area contributed by atoms with Gasteiger partial charge in [0.05, 0.1) is 12.3 Å².